The van der Waals surface area contributed by atoms with Gasteiger partial charge in [0, 0.05) is 6.92 Å². The fourth-order valence-electron chi connectivity index (χ4n) is 0.783. The average molecular weight is 149 g/mol. The predicted octanol–water partition coefficient (Wildman–Crippen LogP) is 2.37. The van der Waals surface area contributed by atoms with Gasteiger partial charge < -0.3 is 4.74 Å². The monoisotopic (exact) mass is 149 g/mol. The van der Waals surface area contributed by atoms with Gasteiger partial charge in [-0.15, -0.1) is 0 Å². The summed E-state index contributed by atoms with van der Waals surface area (Å²) in [5.74, 6) is 0.942. The molecule has 1 rings (SSSR count). The molecule has 1 aromatic rings. The van der Waals surface area contributed by atoms with Gasteiger partial charge in [-0.05, 0) is 19.1 Å². The van der Waals surface area contributed by atoms with Crippen LogP contribution in [-0.2, 0) is 0 Å². The molecule has 0 fully saturated rings. The minimum atomic E-state index is 0.217. The summed E-state index contributed by atoms with van der Waals surface area (Å²) in [5, 5.41) is 7.06. The van der Waals surface area contributed by atoms with Gasteiger partial charge in [-0.25, -0.2) is 0 Å². The standard InChI is InChI=1S/C9H11NO/c1-7-3-5-9(6-4-7)11-8(2)10/h3-6,10H,1-2H3. The van der Waals surface area contributed by atoms with E-state index >= 15 is 0 Å². The Morgan fingerprint density at radius 2 is 1.82 bits per heavy atom. The summed E-state index contributed by atoms with van der Waals surface area (Å²) >= 11 is 0. The van der Waals surface area contributed by atoms with Gasteiger partial charge in [0.05, 0.1) is 0 Å². The summed E-state index contributed by atoms with van der Waals surface area (Å²) in [7, 11) is 0. The van der Waals surface area contributed by atoms with E-state index in [1.165, 1.54) is 5.56 Å². The van der Waals surface area contributed by atoms with Crippen LogP contribution >= 0.6 is 0 Å². The molecule has 2 nitrogen and oxygen atoms in total. The molecule has 1 N–H and O–H groups in total. The summed E-state index contributed by atoms with van der Waals surface area (Å²) in [5.41, 5.74) is 1.19. The van der Waals surface area contributed by atoms with Crippen molar-refractivity contribution < 1.29 is 4.74 Å². The lowest BCUT2D eigenvalue weighted by Crippen LogP contribution is -1.99. The fourth-order valence-corrected chi connectivity index (χ4v) is 0.783. The Labute approximate surface area is 66.3 Å². The molecule has 0 spiro atoms. The maximum absolute atomic E-state index is 7.06. The molecule has 0 unspecified atom stereocenters. The van der Waals surface area contributed by atoms with Crippen LogP contribution in [0.4, 0.5) is 0 Å². The zero-order chi connectivity index (χ0) is 8.27. The van der Waals surface area contributed by atoms with Crippen LogP contribution in [0.15, 0.2) is 24.3 Å². The number of ether oxygens (including phenoxy) is 1. The van der Waals surface area contributed by atoms with Gasteiger partial charge in [0.15, 0.2) is 5.90 Å². The lowest BCUT2D eigenvalue weighted by atomic mass is 10.2. The number of hydrogen-bond acceptors (Lipinski definition) is 2. The van der Waals surface area contributed by atoms with Crippen molar-refractivity contribution in [2.45, 2.75) is 13.8 Å². The van der Waals surface area contributed by atoms with E-state index in [0.717, 1.165) is 5.75 Å². The van der Waals surface area contributed by atoms with Crippen LogP contribution in [0.5, 0.6) is 5.75 Å². The molecule has 0 saturated heterocycles. The van der Waals surface area contributed by atoms with E-state index in [0.29, 0.717) is 0 Å². The van der Waals surface area contributed by atoms with Gasteiger partial charge in [-0.2, -0.15) is 0 Å². The summed E-state index contributed by atoms with van der Waals surface area (Å²) < 4.78 is 5.05. The van der Waals surface area contributed by atoms with Crippen LogP contribution in [0.2, 0.25) is 0 Å². The highest BCUT2D eigenvalue weighted by Crippen LogP contribution is 2.10. The molecular weight excluding hydrogens is 138 g/mol. The van der Waals surface area contributed by atoms with E-state index in [1.54, 1.807) is 6.92 Å². The van der Waals surface area contributed by atoms with Gasteiger partial charge in [0.25, 0.3) is 0 Å². The lowest BCUT2D eigenvalue weighted by Gasteiger charge is -2.01. The number of rotatable bonds is 1. The average Bonchev–Trinajstić information content (AvgIpc) is 1.93. The molecule has 0 amide bonds. The SMILES string of the molecule is CC(=N)Oc1ccc(C)cc1. The molecule has 0 saturated carbocycles. The first-order valence-electron chi connectivity index (χ1n) is 3.48. The highest BCUT2D eigenvalue weighted by Gasteiger charge is 1.92. The largest absolute Gasteiger partial charge is 0.444 e. The Balaban J connectivity index is 2.74. The van der Waals surface area contributed by atoms with Crippen LogP contribution in [-0.4, -0.2) is 5.90 Å². The molecule has 0 aliphatic carbocycles. The Hall–Kier alpha value is -1.31. The first kappa shape index (κ1) is 7.79. The van der Waals surface area contributed by atoms with Crippen molar-refractivity contribution in [3.63, 3.8) is 0 Å². The minimum Gasteiger partial charge on any atom is -0.444 e. The zero-order valence-corrected chi connectivity index (χ0v) is 6.72. The second kappa shape index (κ2) is 3.19. The number of aryl methyl sites for hydroxylation is 1. The molecule has 0 atom stereocenters. The number of nitrogens with one attached hydrogen (secondary N) is 1. The maximum Gasteiger partial charge on any atom is 0.184 e. The van der Waals surface area contributed by atoms with Crippen LogP contribution < -0.4 is 4.74 Å². The normalized spacial score (nSPS) is 9.27. The Kier molecular flexibility index (Phi) is 2.26. The van der Waals surface area contributed by atoms with Crippen molar-refractivity contribution >= 4 is 5.90 Å². The van der Waals surface area contributed by atoms with Gasteiger partial charge in [0.2, 0.25) is 0 Å². The third-order valence-corrected chi connectivity index (χ3v) is 1.29. The second-order valence-electron chi connectivity index (χ2n) is 2.47. The van der Waals surface area contributed by atoms with E-state index in [-0.39, 0.29) is 5.90 Å². The van der Waals surface area contributed by atoms with Crippen LogP contribution in [0.1, 0.15) is 12.5 Å². The molecule has 1 aromatic carbocycles. The summed E-state index contributed by atoms with van der Waals surface area (Å²) in [6.45, 7) is 3.63. The Bertz CT molecular complexity index is 251. The van der Waals surface area contributed by atoms with Crippen LogP contribution in [0, 0.1) is 12.3 Å². The second-order valence-corrected chi connectivity index (χ2v) is 2.47. The van der Waals surface area contributed by atoms with Crippen LogP contribution in [0.25, 0.3) is 0 Å². The van der Waals surface area contributed by atoms with Crippen LogP contribution in [0.3, 0.4) is 0 Å². The Morgan fingerprint density at radius 1 is 1.27 bits per heavy atom. The summed E-state index contributed by atoms with van der Waals surface area (Å²) in [6.07, 6.45) is 0. The predicted molar refractivity (Wildman–Crippen MR) is 45.2 cm³/mol. The highest BCUT2D eigenvalue weighted by molar-refractivity contribution is 5.72. The third-order valence-electron chi connectivity index (χ3n) is 1.29. The van der Waals surface area contributed by atoms with E-state index in [1.807, 2.05) is 31.2 Å². The van der Waals surface area contributed by atoms with E-state index < -0.39 is 0 Å². The van der Waals surface area contributed by atoms with Crippen molar-refractivity contribution in [3.05, 3.63) is 29.8 Å². The molecule has 0 bridgehead atoms. The molecule has 58 valence electrons. The number of benzene rings is 1. The quantitative estimate of drug-likeness (QED) is 0.482. The highest BCUT2D eigenvalue weighted by atomic mass is 16.5. The third kappa shape index (κ3) is 2.42. The molecule has 2 heteroatoms. The summed E-state index contributed by atoms with van der Waals surface area (Å²) in [4.78, 5) is 0. The van der Waals surface area contributed by atoms with Crippen molar-refractivity contribution in [1.29, 1.82) is 5.41 Å². The fraction of sp³-hybridized carbons (Fsp3) is 0.222. The number of hydrogen-bond donors (Lipinski definition) is 1. The van der Waals surface area contributed by atoms with E-state index in [9.17, 15) is 0 Å². The molecule has 0 heterocycles. The maximum atomic E-state index is 7.06. The lowest BCUT2D eigenvalue weighted by molar-refractivity contribution is 0.541. The molecule has 0 aliphatic rings. The molecule has 0 aliphatic heterocycles. The minimum absolute atomic E-state index is 0.217. The Morgan fingerprint density at radius 3 is 2.27 bits per heavy atom. The smallest absolute Gasteiger partial charge is 0.184 e. The molecule has 11 heavy (non-hydrogen) atoms. The van der Waals surface area contributed by atoms with E-state index in [2.05, 4.69) is 0 Å². The molecule has 0 aromatic heterocycles. The zero-order valence-electron chi connectivity index (χ0n) is 6.72. The van der Waals surface area contributed by atoms with Crippen molar-refractivity contribution in [2.24, 2.45) is 0 Å². The molecule has 0 radical (unpaired) electrons. The van der Waals surface area contributed by atoms with Gasteiger partial charge in [-0.1, -0.05) is 17.7 Å². The van der Waals surface area contributed by atoms with Crippen molar-refractivity contribution in [3.8, 4) is 5.75 Å². The first-order chi connectivity index (χ1) is 5.18. The van der Waals surface area contributed by atoms with Gasteiger partial charge in [0.1, 0.15) is 5.75 Å². The molecular formula is C9H11NO. The van der Waals surface area contributed by atoms with Crippen molar-refractivity contribution in [1.82, 2.24) is 0 Å². The summed E-state index contributed by atoms with van der Waals surface area (Å²) in [6, 6.07) is 7.62. The first-order valence-corrected chi connectivity index (χ1v) is 3.48. The van der Waals surface area contributed by atoms with E-state index in [4.69, 9.17) is 10.1 Å². The topological polar surface area (TPSA) is 33.1 Å². The van der Waals surface area contributed by atoms with Crippen molar-refractivity contribution in [2.75, 3.05) is 0 Å². The van der Waals surface area contributed by atoms with Gasteiger partial charge >= 0.3 is 0 Å². The van der Waals surface area contributed by atoms with Gasteiger partial charge in [-0.3, -0.25) is 5.41 Å².